The molecule has 2 fully saturated rings. The first-order valence-corrected chi connectivity index (χ1v) is 7.28. The van der Waals surface area contributed by atoms with Crippen molar-refractivity contribution in [2.75, 3.05) is 13.6 Å². The molecule has 2 amide bonds. The molecule has 0 radical (unpaired) electrons. The van der Waals surface area contributed by atoms with Crippen LogP contribution in [-0.2, 0) is 4.79 Å². The van der Waals surface area contributed by atoms with Crippen LogP contribution in [0.2, 0.25) is 0 Å². The summed E-state index contributed by atoms with van der Waals surface area (Å²) in [5, 5.41) is 2.89. The van der Waals surface area contributed by atoms with Crippen molar-refractivity contribution in [2.24, 2.45) is 11.8 Å². The van der Waals surface area contributed by atoms with Gasteiger partial charge in [0.2, 0.25) is 11.5 Å². The number of amides is 2. The van der Waals surface area contributed by atoms with Gasteiger partial charge in [-0.15, -0.1) is 0 Å². The third kappa shape index (κ3) is 2.70. The molecule has 3 atom stereocenters. The van der Waals surface area contributed by atoms with Gasteiger partial charge in [0.05, 0.1) is 0 Å². The van der Waals surface area contributed by atoms with Gasteiger partial charge in [0, 0.05) is 32.1 Å². The maximum absolute atomic E-state index is 12.4. The highest BCUT2D eigenvalue weighted by molar-refractivity contribution is 5.92. The van der Waals surface area contributed by atoms with E-state index in [1.807, 2.05) is 0 Å². The topological polar surface area (TPSA) is 82.3 Å². The third-order valence-electron chi connectivity index (χ3n) is 4.69. The Morgan fingerprint density at radius 1 is 1.24 bits per heavy atom. The van der Waals surface area contributed by atoms with E-state index >= 15 is 0 Å². The van der Waals surface area contributed by atoms with Gasteiger partial charge in [-0.1, -0.05) is 6.07 Å². The SMILES string of the molecule is CN(C(=O)c1cccc(=O)[nH]1)[C@H]1C[C@H]2CNC(=O)C[C@H]2C1. The van der Waals surface area contributed by atoms with E-state index in [0.29, 0.717) is 30.5 Å². The highest BCUT2D eigenvalue weighted by atomic mass is 16.2. The van der Waals surface area contributed by atoms with Gasteiger partial charge in [0.1, 0.15) is 5.69 Å². The second kappa shape index (κ2) is 5.35. The number of piperidine rings is 1. The summed E-state index contributed by atoms with van der Waals surface area (Å²) in [4.78, 5) is 39.4. The van der Waals surface area contributed by atoms with Gasteiger partial charge in [-0.2, -0.15) is 0 Å². The minimum Gasteiger partial charge on any atom is -0.356 e. The fourth-order valence-corrected chi connectivity index (χ4v) is 3.48. The maximum atomic E-state index is 12.4. The standard InChI is InChI=1S/C15H19N3O3/c1-18(15(21)12-3-2-4-13(19)17-12)11-5-9-7-14(20)16-8-10(9)6-11/h2-4,9-11H,5-8H2,1H3,(H,16,20)(H,17,19)/t9-,10+,11-/m1/s1. The first kappa shape index (κ1) is 13.9. The lowest BCUT2D eigenvalue weighted by atomic mass is 9.89. The van der Waals surface area contributed by atoms with E-state index in [9.17, 15) is 14.4 Å². The number of pyridine rings is 1. The zero-order chi connectivity index (χ0) is 15.0. The number of nitrogens with one attached hydrogen (secondary N) is 2. The summed E-state index contributed by atoms with van der Waals surface area (Å²) < 4.78 is 0. The molecule has 1 aromatic rings. The number of aromatic amines is 1. The fourth-order valence-electron chi connectivity index (χ4n) is 3.48. The molecule has 6 nitrogen and oxygen atoms in total. The molecule has 1 saturated heterocycles. The molecule has 0 bridgehead atoms. The molecule has 2 N–H and O–H groups in total. The van der Waals surface area contributed by atoms with Crippen LogP contribution in [0, 0.1) is 11.8 Å². The molecule has 0 spiro atoms. The number of rotatable bonds is 2. The van der Waals surface area contributed by atoms with Crippen molar-refractivity contribution in [2.45, 2.75) is 25.3 Å². The predicted octanol–water partition coefficient (Wildman–Crippen LogP) is 0.362. The molecule has 1 aromatic heterocycles. The largest absolute Gasteiger partial charge is 0.356 e. The van der Waals surface area contributed by atoms with Crippen LogP contribution in [-0.4, -0.2) is 41.3 Å². The summed E-state index contributed by atoms with van der Waals surface area (Å²) in [5.74, 6) is 0.764. The van der Waals surface area contributed by atoms with Crippen molar-refractivity contribution in [3.05, 3.63) is 34.2 Å². The van der Waals surface area contributed by atoms with Crippen LogP contribution >= 0.6 is 0 Å². The van der Waals surface area contributed by atoms with Gasteiger partial charge in [-0.05, 0) is 30.7 Å². The summed E-state index contributed by atoms with van der Waals surface area (Å²) in [5.41, 5.74) is 0.0400. The van der Waals surface area contributed by atoms with E-state index in [1.54, 1.807) is 24.1 Å². The van der Waals surface area contributed by atoms with Crippen molar-refractivity contribution in [1.82, 2.24) is 15.2 Å². The highest BCUT2D eigenvalue weighted by Gasteiger charge is 2.40. The van der Waals surface area contributed by atoms with E-state index in [2.05, 4.69) is 10.3 Å². The number of carbonyl (C=O) groups excluding carboxylic acids is 2. The van der Waals surface area contributed by atoms with E-state index in [-0.39, 0.29) is 23.4 Å². The first-order valence-electron chi connectivity index (χ1n) is 7.28. The van der Waals surface area contributed by atoms with Gasteiger partial charge in [0.25, 0.3) is 5.91 Å². The van der Waals surface area contributed by atoms with Crippen LogP contribution in [0.25, 0.3) is 0 Å². The summed E-state index contributed by atoms with van der Waals surface area (Å²) >= 11 is 0. The third-order valence-corrected chi connectivity index (χ3v) is 4.69. The number of H-pyrrole nitrogens is 1. The Bertz CT molecular complexity index is 625. The molecule has 112 valence electrons. The normalized spacial score (nSPS) is 27.9. The molecule has 0 unspecified atom stereocenters. The Morgan fingerprint density at radius 3 is 2.76 bits per heavy atom. The molecule has 0 aromatic carbocycles. The van der Waals surface area contributed by atoms with Crippen molar-refractivity contribution < 1.29 is 9.59 Å². The minimum absolute atomic E-state index is 0.110. The van der Waals surface area contributed by atoms with Gasteiger partial charge in [-0.3, -0.25) is 14.4 Å². The fraction of sp³-hybridized carbons (Fsp3) is 0.533. The van der Waals surface area contributed by atoms with Crippen LogP contribution < -0.4 is 10.9 Å². The summed E-state index contributed by atoms with van der Waals surface area (Å²) in [6.07, 6.45) is 2.33. The van der Waals surface area contributed by atoms with Crippen LogP contribution in [0.5, 0.6) is 0 Å². The van der Waals surface area contributed by atoms with Crippen LogP contribution in [0.4, 0.5) is 0 Å². The summed E-state index contributed by atoms with van der Waals surface area (Å²) in [6, 6.07) is 4.71. The van der Waals surface area contributed by atoms with Crippen molar-refractivity contribution in [3.8, 4) is 0 Å². The number of aromatic nitrogens is 1. The number of nitrogens with zero attached hydrogens (tertiary/aromatic N) is 1. The molecule has 21 heavy (non-hydrogen) atoms. The monoisotopic (exact) mass is 289 g/mol. The van der Waals surface area contributed by atoms with E-state index in [1.165, 1.54) is 6.07 Å². The Labute approximate surface area is 122 Å². The lowest BCUT2D eigenvalue weighted by Gasteiger charge is -2.24. The van der Waals surface area contributed by atoms with Crippen LogP contribution in [0.3, 0.4) is 0 Å². The van der Waals surface area contributed by atoms with Crippen molar-refractivity contribution in [1.29, 1.82) is 0 Å². The average molecular weight is 289 g/mol. The van der Waals surface area contributed by atoms with Gasteiger partial charge in [0.15, 0.2) is 0 Å². The molecular formula is C15H19N3O3. The van der Waals surface area contributed by atoms with Crippen molar-refractivity contribution in [3.63, 3.8) is 0 Å². The maximum Gasteiger partial charge on any atom is 0.270 e. The zero-order valence-corrected chi connectivity index (χ0v) is 12.0. The zero-order valence-electron chi connectivity index (χ0n) is 12.0. The number of hydrogen-bond acceptors (Lipinski definition) is 3. The highest BCUT2D eigenvalue weighted by Crippen LogP contribution is 2.38. The number of fused-ring (bicyclic) bond motifs is 1. The first-order chi connectivity index (χ1) is 10.0. The van der Waals surface area contributed by atoms with E-state index in [4.69, 9.17) is 0 Å². The summed E-state index contributed by atoms with van der Waals surface area (Å²) in [6.45, 7) is 0.713. The Morgan fingerprint density at radius 2 is 2.00 bits per heavy atom. The molecular weight excluding hydrogens is 270 g/mol. The van der Waals surface area contributed by atoms with Gasteiger partial charge < -0.3 is 15.2 Å². The lowest BCUT2D eigenvalue weighted by Crippen LogP contribution is -2.38. The van der Waals surface area contributed by atoms with Crippen molar-refractivity contribution >= 4 is 11.8 Å². The minimum atomic E-state index is -0.274. The Balaban J connectivity index is 1.71. The second-order valence-corrected chi connectivity index (χ2v) is 6.00. The molecule has 1 saturated carbocycles. The molecule has 3 rings (SSSR count). The molecule has 2 heterocycles. The second-order valence-electron chi connectivity index (χ2n) is 6.00. The Hall–Kier alpha value is -2.11. The summed E-state index contributed by atoms with van der Waals surface area (Å²) in [7, 11) is 1.77. The van der Waals surface area contributed by atoms with Gasteiger partial charge in [-0.25, -0.2) is 0 Å². The molecule has 2 aliphatic rings. The number of carbonyl (C=O) groups is 2. The van der Waals surface area contributed by atoms with Crippen LogP contribution in [0.15, 0.2) is 23.0 Å². The quantitative estimate of drug-likeness (QED) is 0.825. The predicted molar refractivity (Wildman–Crippen MR) is 76.8 cm³/mol. The van der Waals surface area contributed by atoms with Gasteiger partial charge >= 0.3 is 0 Å². The Kier molecular flexibility index (Phi) is 3.53. The van der Waals surface area contributed by atoms with Crippen LogP contribution in [0.1, 0.15) is 29.8 Å². The average Bonchev–Trinajstić information content (AvgIpc) is 2.88. The molecule has 1 aliphatic heterocycles. The molecule has 6 heteroatoms. The number of hydrogen-bond donors (Lipinski definition) is 2. The van der Waals surface area contributed by atoms with E-state index < -0.39 is 0 Å². The smallest absolute Gasteiger partial charge is 0.270 e. The molecule has 1 aliphatic carbocycles. The lowest BCUT2D eigenvalue weighted by molar-refractivity contribution is -0.124. The van der Waals surface area contributed by atoms with E-state index in [0.717, 1.165) is 12.8 Å².